The van der Waals surface area contributed by atoms with Gasteiger partial charge in [-0.3, -0.25) is 0 Å². The lowest BCUT2D eigenvalue weighted by molar-refractivity contribution is 0.452. The first-order valence-electron chi connectivity index (χ1n) is 6.04. The molecule has 1 aromatic rings. The van der Waals surface area contributed by atoms with Crippen LogP contribution in [0.15, 0.2) is 10.5 Å². The first-order chi connectivity index (χ1) is 7.77. The Balaban J connectivity index is 2.08. The highest BCUT2D eigenvalue weighted by Crippen LogP contribution is 2.42. The van der Waals surface area contributed by atoms with Crippen LogP contribution in [0.25, 0.3) is 0 Å². The van der Waals surface area contributed by atoms with E-state index in [2.05, 4.69) is 27.3 Å². The lowest BCUT2D eigenvalue weighted by Gasteiger charge is -2.16. The van der Waals surface area contributed by atoms with Crippen molar-refractivity contribution in [2.75, 3.05) is 6.54 Å². The fourth-order valence-corrected chi connectivity index (χ4v) is 3.60. The van der Waals surface area contributed by atoms with Gasteiger partial charge in [0.1, 0.15) is 5.75 Å². The molecule has 86 valence electrons. The summed E-state index contributed by atoms with van der Waals surface area (Å²) in [5.41, 5.74) is 3.83. The van der Waals surface area contributed by atoms with Crippen LogP contribution in [0.3, 0.4) is 0 Å². The van der Waals surface area contributed by atoms with E-state index in [1.807, 2.05) is 0 Å². The molecule has 0 amide bonds. The maximum absolute atomic E-state index is 10.2. The molecule has 1 aliphatic heterocycles. The van der Waals surface area contributed by atoms with Gasteiger partial charge in [-0.05, 0) is 65.7 Å². The minimum Gasteiger partial charge on any atom is -0.506 e. The number of phenols is 1. The summed E-state index contributed by atoms with van der Waals surface area (Å²) in [6.07, 6.45) is 5.82. The molecule has 1 heterocycles. The molecule has 1 aromatic carbocycles. The maximum atomic E-state index is 10.2. The van der Waals surface area contributed by atoms with Crippen LogP contribution in [0.4, 0.5) is 0 Å². The number of benzene rings is 1. The molecular formula is C13H16BrNO. The van der Waals surface area contributed by atoms with Crippen LogP contribution in [0, 0.1) is 0 Å². The first kappa shape index (κ1) is 10.6. The topological polar surface area (TPSA) is 32.3 Å². The first-order valence-corrected chi connectivity index (χ1v) is 6.83. The summed E-state index contributed by atoms with van der Waals surface area (Å²) in [5, 5.41) is 13.7. The van der Waals surface area contributed by atoms with E-state index < -0.39 is 0 Å². The summed E-state index contributed by atoms with van der Waals surface area (Å²) < 4.78 is 0.936. The number of rotatable bonds is 1. The third-order valence-electron chi connectivity index (χ3n) is 3.77. The van der Waals surface area contributed by atoms with Crippen molar-refractivity contribution in [3.05, 3.63) is 27.2 Å². The Labute approximate surface area is 104 Å². The van der Waals surface area contributed by atoms with E-state index in [-0.39, 0.29) is 0 Å². The number of halogens is 1. The van der Waals surface area contributed by atoms with Gasteiger partial charge in [0.25, 0.3) is 0 Å². The third-order valence-corrected chi connectivity index (χ3v) is 4.63. The average molecular weight is 282 g/mol. The highest BCUT2D eigenvalue weighted by atomic mass is 79.9. The second-order valence-corrected chi connectivity index (χ2v) is 5.56. The van der Waals surface area contributed by atoms with Gasteiger partial charge >= 0.3 is 0 Å². The zero-order valence-corrected chi connectivity index (χ0v) is 10.8. The van der Waals surface area contributed by atoms with Gasteiger partial charge < -0.3 is 10.4 Å². The number of fused-ring (bicyclic) bond motifs is 1. The van der Waals surface area contributed by atoms with E-state index in [4.69, 9.17) is 0 Å². The maximum Gasteiger partial charge on any atom is 0.134 e. The fourth-order valence-electron chi connectivity index (χ4n) is 2.92. The normalized spacial score (nSPS) is 23.7. The summed E-state index contributed by atoms with van der Waals surface area (Å²) in [6.45, 7) is 1.07. The SMILES string of the molecule is Oc1c(C2CCCN2)cc2c(c1Br)CCC2. The van der Waals surface area contributed by atoms with Crippen LogP contribution in [0.2, 0.25) is 0 Å². The molecule has 0 bridgehead atoms. The fraction of sp³-hybridized carbons (Fsp3) is 0.538. The van der Waals surface area contributed by atoms with E-state index in [1.54, 1.807) is 0 Å². The van der Waals surface area contributed by atoms with E-state index in [1.165, 1.54) is 24.0 Å². The minimum atomic E-state index is 0.349. The summed E-state index contributed by atoms with van der Waals surface area (Å²) >= 11 is 3.55. The Bertz CT molecular complexity index is 424. The van der Waals surface area contributed by atoms with Crippen LogP contribution in [-0.2, 0) is 12.8 Å². The molecule has 0 saturated carbocycles. The molecular weight excluding hydrogens is 266 g/mol. The minimum absolute atomic E-state index is 0.349. The molecule has 1 unspecified atom stereocenters. The Hall–Kier alpha value is -0.540. The highest BCUT2D eigenvalue weighted by molar-refractivity contribution is 9.10. The largest absolute Gasteiger partial charge is 0.506 e. The molecule has 0 aromatic heterocycles. The number of hydrogen-bond acceptors (Lipinski definition) is 2. The van der Waals surface area contributed by atoms with Crippen molar-refractivity contribution < 1.29 is 5.11 Å². The van der Waals surface area contributed by atoms with E-state index >= 15 is 0 Å². The Morgan fingerprint density at radius 3 is 2.94 bits per heavy atom. The molecule has 16 heavy (non-hydrogen) atoms. The van der Waals surface area contributed by atoms with Crippen LogP contribution < -0.4 is 5.32 Å². The van der Waals surface area contributed by atoms with E-state index in [0.29, 0.717) is 11.8 Å². The van der Waals surface area contributed by atoms with Crippen LogP contribution >= 0.6 is 15.9 Å². The molecule has 3 rings (SSSR count). The van der Waals surface area contributed by atoms with Crippen LogP contribution in [-0.4, -0.2) is 11.7 Å². The second-order valence-electron chi connectivity index (χ2n) is 4.77. The van der Waals surface area contributed by atoms with Crippen molar-refractivity contribution in [3.63, 3.8) is 0 Å². The smallest absolute Gasteiger partial charge is 0.134 e. The van der Waals surface area contributed by atoms with Gasteiger partial charge in [-0.25, -0.2) is 0 Å². The van der Waals surface area contributed by atoms with Crippen molar-refractivity contribution in [2.45, 2.75) is 38.1 Å². The standard InChI is InChI=1S/C13H16BrNO/c14-12-9-4-1-3-8(9)7-10(13(12)16)11-5-2-6-15-11/h7,11,15-16H,1-6H2. The molecule has 2 nitrogen and oxygen atoms in total. The lowest BCUT2D eigenvalue weighted by atomic mass is 9.99. The monoisotopic (exact) mass is 281 g/mol. The zero-order valence-electron chi connectivity index (χ0n) is 9.22. The van der Waals surface area contributed by atoms with Gasteiger partial charge in [0.2, 0.25) is 0 Å². The molecule has 2 N–H and O–H groups in total. The van der Waals surface area contributed by atoms with Gasteiger partial charge in [0.15, 0.2) is 0 Å². The summed E-state index contributed by atoms with van der Waals surface area (Å²) in [4.78, 5) is 0. The lowest BCUT2D eigenvalue weighted by Crippen LogP contribution is -2.13. The van der Waals surface area contributed by atoms with Gasteiger partial charge in [-0.15, -0.1) is 0 Å². The van der Waals surface area contributed by atoms with Crippen LogP contribution in [0.1, 0.15) is 42.0 Å². The van der Waals surface area contributed by atoms with Crippen molar-refractivity contribution in [2.24, 2.45) is 0 Å². The summed E-state index contributed by atoms with van der Waals surface area (Å²) in [5.74, 6) is 0.458. The van der Waals surface area contributed by atoms with Crippen molar-refractivity contribution in [1.29, 1.82) is 0 Å². The number of phenolic OH excluding ortho intramolecular Hbond substituents is 1. The molecule has 1 saturated heterocycles. The van der Waals surface area contributed by atoms with Crippen LogP contribution in [0.5, 0.6) is 5.75 Å². The molecule has 1 atom stereocenters. The predicted molar refractivity (Wildman–Crippen MR) is 67.8 cm³/mol. The van der Waals surface area contributed by atoms with Gasteiger partial charge in [0.05, 0.1) is 4.47 Å². The van der Waals surface area contributed by atoms with Gasteiger partial charge in [0, 0.05) is 11.6 Å². The molecule has 2 aliphatic rings. The molecule has 0 radical (unpaired) electrons. The molecule has 1 aliphatic carbocycles. The number of aromatic hydroxyl groups is 1. The molecule has 3 heteroatoms. The Morgan fingerprint density at radius 1 is 1.31 bits per heavy atom. The second kappa shape index (κ2) is 4.04. The molecule has 1 fully saturated rings. The summed E-state index contributed by atoms with van der Waals surface area (Å²) in [6, 6.07) is 2.56. The molecule has 0 spiro atoms. The van der Waals surface area contributed by atoms with Crippen molar-refractivity contribution in [3.8, 4) is 5.75 Å². The highest BCUT2D eigenvalue weighted by Gasteiger charge is 2.25. The Kier molecular flexibility index (Phi) is 2.68. The zero-order chi connectivity index (χ0) is 11.1. The number of aryl methyl sites for hydroxylation is 1. The van der Waals surface area contributed by atoms with Gasteiger partial charge in [-0.2, -0.15) is 0 Å². The van der Waals surface area contributed by atoms with E-state index in [0.717, 1.165) is 35.8 Å². The predicted octanol–water partition coefficient (Wildman–Crippen LogP) is 3.07. The van der Waals surface area contributed by atoms with Crippen molar-refractivity contribution in [1.82, 2.24) is 5.32 Å². The number of hydrogen-bond donors (Lipinski definition) is 2. The van der Waals surface area contributed by atoms with Crippen molar-refractivity contribution >= 4 is 15.9 Å². The summed E-state index contributed by atoms with van der Waals surface area (Å²) in [7, 11) is 0. The number of nitrogens with one attached hydrogen (secondary N) is 1. The Morgan fingerprint density at radius 2 is 2.19 bits per heavy atom. The third kappa shape index (κ3) is 1.57. The van der Waals surface area contributed by atoms with Gasteiger partial charge in [-0.1, -0.05) is 6.07 Å². The quantitative estimate of drug-likeness (QED) is 0.829. The average Bonchev–Trinajstić information content (AvgIpc) is 2.92. The van der Waals surface area contributed by atoms with E-state index in [9.17, 15) is 5.11 Å².